The van der Waals surface area contributed by atoms with E-state index in [-0.39, 0.29) is 24.6 Å². The molecule has 1 saturated heterocycles. The number of esters is 1. The Balaban J connectivity index is 1.93. The van der Waals surface area contributed by atoms with Crippen LogP contribution in [0.3, 0.4) is 0 Å². The van der Waals surface area contributed by atoms with Crippen molar-refractivity contribution in [3.8, 4) is 0 Å². The average molecular weight is 305 g/mol. The molecular weight excluding hydrogens is 282 g/mol. The summed E-state index contributed by atoms with van der Waals surface area (Å²) in [4.78, 5) is 25.9. The Kier molecular flexibility index (Phi) is 5.06. The third-order valence-electron chi connectivity index (χ3n) is 4.31. The Morgan fingerprint density at radius 1 is 1.27 bits per heavy atom. The van der Waals surface area contributed by atoms with E-state index in [0.717, 1.165) is 5.56 Å². The van der Waals surface area contributed by atoms with Crippen molar-refractivity contribution in [1.82, 2.24) is 4.90 Å². The standard InChI is InChI=1S/C17H23NO4/c1-4-21-15(19)17(3)12-18(10-13(17)2)16(20)22-11-14-8-6-5-7-9-14/h5-9,13H,4,10-12H2,1-3H3. The highest BCUT2D eigenvalue weighted by Crippen LogP contribution is 2.37. The van der Waals surface area contributed by atoms with E-state index in [1.54, 1.807) is 11.8 Å². The smallest absolute Gasteiger partial charge is 0.410 e. The Labute approximate surface area is 131 Å². The van der Waals surface area contributed by atoms with Crippen molar-refractivity contribution < 1.29 is 19.1 Å². The minimum absolute atomic E-state index is 0.0378. The summed E-state index contributed by atoms with van der Waals surface area (Å²) in [5.41, 5.74) is 0.276. The summed E-state index contributed by atoms with van der Waals surface area (Å²) in [5.74, 6) is -0.211. The Bertz CT molecular complexity index is 531. The predicted molar refractivity (Wildman–Crippen MR) is 82.1 cm³/mol. The third-order valence-corrected chi connectivity index (χ3v) is 4.31. The van der Waals surface area contributed by atoms with Crippen LogP contribution in [0.1, 0.15) is 26.3 Å². The van der Waals surface area contributed by atoms with E-state index >= 15 is 0 Å². The van der Waals surface area contributed by atoms with E-state index in [4.69, 9.17) is 9.47 Å². The van der Waals surface area contributed by atoms with Crippen LogP contribution in [0.5, 0.6) is 0 Å². The molecule has 0 aliphatic carbocycles. The summed E-state index contributed by atoms with van der Waals surface area (Å²) in [6.45, 7) is 7.01. The summed E-state index contributed by atoms with van der Waals surface area (Å²) in [6, 6.07) is 9.53. The molecular formula is C17H23NO4. The molecule has 2 rings (SSSR count). The van der Waals surface area contributed by atoms with Gasteiger partial charge in [0, 0.05) is 13.1 Å². The predicted octanol–water partition coefficient (Wildman–Crippen LogP) is 2.84. The van der Waals surface area contributed by atoms with Crippen LogP contribution in [-0.2, 0) is 20.9 Å². The molecule has 5 heteroatoms. The second-order valence-electron chi connectivity index (χ2n) is 5.96. The first kappa shape index (κ1) is 16.3. The fraction of sp³-hybridized carbons (Fsp3) is 0.529. The summed E-state index contributed by atoms with van der Waals surface area (Å²) in [7, 11) is 0. The molecule has 0 radical (unpaired) electrons. The molecule has 0 bridgehead atoms. The number of carbonyl (C=O) groups excluding carboxylic acids is 2. The molecule has 2 atom stereocenters. The Hall–Kier alpha value is -2.04. The van der Waals surface area contributed by atoms with Crippen molar-refractivity contribution in [1.29, 1.82) is 0 Å². The largest absolute Gasteiger partial charge is 0.466 e. The van der Waals surface area contributed by atoms with E-state index < -0.39 is 5.41 Å². The number of amides is 1. The molecule has 1 aliphatic rings. The zero-order valence-corrected chi connectivity index (χ0v) is 13.4. The first-order valence-electron chi connectivity index (χ1n) is 7.60. The highest BCUT2D eigenvalue weighted by atomic mass is 16.6. The van der Waals surface area contributed by atoms with Crippen LogP contribution >= 0.6 is 0 Å². The number of carbonyl (C=O) groups is 2. The molecule has 2 unspecified atom stereocenters. The van der Waals surface area contributed by atoms with Crippen LogP contribution in [0.4, 0.5) is 4.79 Å². The van der Waals surface area contributed by atoms with Gasteiger partial charge >= 0.3 is 12.1 Å². The number of likely N-dealkylation sites (tertiary alicyclic amines) is 1. The van der Waals surface area contributed by atoms with Gasteiger partial charge in [-0.3, -0.25) is 4.79 Å². The SMILES string of the molecule is CCOC(=O)C1(C)CN(C(=O)OCc2ccccc2)CC1C. The first-order valence-corrected chi connectivity index (χ1v) is 7.60. The van der Waals surface area contributed by atoms with Crippen molar-refractivity contribution in [3.63, 3.8) is 0 Å². The van der Waals surface area contributed by atoms with Crippen molar-refractivity contribution in [3.05, 3.63) is 35.9 Å². The van der Waals surface area contributed by atoms with Crippen molar-refractivity contribution in [2.45, 2.75) is 27.4 Å². The van der Waals surface area contributed by atoms with E-state index in [2.05, 4.69) is 0 Å². The van der Waals surface area contributed by atoms with Gasteiger partial charge < -0.3 is 14.4 Å². The molecule has 22 heavy (non-hydrogen) atoms. The monoisotopic (exact) mass is 305 g/mol. The molecule has 0 aromatic heterocycles. The third kappa shape index (κ3) is 3.40. The number of ether oxygens (including phenoxy) is 2. The lowest BCUT2D eigenvalue weighted by molar-refractivity contribution is -0.155. The molecule has 0 spiro atoms. The van der Waals surface area contributed by atoms with Gasteiger partial charge in [0.1, 0.15) is 6.61 Å². The Morgan fingerprint density at radius 3 is 2.59 bits per heavy atom. The molecule has 120 valence electrons. The lowest BCUT2D eigenvalue weighted by atomic mass is 9.81. The van der Waals surface area contributed by atoms with Crippen LogP contribution in [0.25, 0.3) is 0 Å². The van der Waals surface area contributed by atoms with Gasteiger partial charge in [0.15, 0.2) is 0 Å². The van der Waals surface area contributed by atoms with Gasteiger partial charge in [-0.05, 0) is 25.3 Å². The number of benzene rings is 1. The molecule has 1 fully saturated rings. The van der Waals surface area contributed by atoms with E-state index in [1.165, 1.54) is 0 Å². The maximum absolute atomic E-state index is 12.2. The fourth-order valence-corrected chi connectivity index (χ4v) is 2.66. The molecule has 5 nitrogen and oxygen atoms in total. The zero-order chi connectivity index (χ0) is 16.2. The first-order chi connectivity index (χ1) is 10.5. The summed E-state index contributed by atoms with van der Waals surface area (Å²) < 4.78 is 10.5. The molecule has 1 aliphatic heterocycles. The van der Waals surface area contributed by atoms with E-state index in [0.29, 0.717) is 19.7 Å². The van der Waals surface area contributed by atoms with E-state index in [1.807, 2.05) is 44.2 Å². The number of hydrogen-bond donors (Lipinski definition) is 0. The van der Waals surface area contributed by atoms with Crippen LogP contribution in [0, 0.1) is 11.3 Å². The van der Waals surface area contributed by atoms with Gasteiger partial charge in [0.25, 0.3) is 0 Å². The highest BCUT2D eigenvalue weighted by molar-refractivity contribution is 5.79. The second-order valence-corrected chi connectivity index (χ2v) is 5.96. The lowest BCUT2D eigenvalue weighted by Gasteiger charge is -2.25. The summed E-state index contributed by atoms with van der Waals surface area (Å²) >= 11 is 0. The molecule has 1 aromatic rings. The van der Waals surface area contributed by atoms with Crippen molar-refractivity contribution in [2.24, 2.45) is 11.3 Å². The van der Waals surface area contributed by atoms with Crippen LogP contribution in [0.15, 0.2) is 30.3 Å². The zero-order valence-electron chi connectivity index (χ0n) is 13.4. The number of rotatable bonds is 4. The maximum Gasteiger partial charge on any atom is 0.410 e. The lowest BCUT2D eigenvalue weighted by Crippen LogP contribution is -2.38. The number of hydrogen-bond acceptors (Lipinski definition) is 4. The van der Waals surface area contributed by atoms with Gasteiger partial charge in [-0.25, -0.2) is 4.79 Å². The summed E-state index contributed by atoms with van der Waals surface area (Å²) in [5, 5.41) is 0. The van der Waals surface area contributed by atoms with Crippen molar-refractivity contribution in [2.75, 3.05) is 19.7 Å². The molecule has 1 aromatic carbocycles. The molecule has 0 saturated carbocycles. The Morgan fingerprint density at radius 2 is 1.95 bits per heavy atom. The van der Waals surface area contributed by atoms with Crippen LogP contribution < -0.4 is 0 Å². The molecule has 0 N–H and O–H groups in total. The van der Waals surface area contributed by atoms with Gasteiger partial charge in [0.05, 0.1) is 12.0 Å². The number of nitrogens with zero attached hydrogens (tertiary/aromatic N) is 1. The average Bonchev–Trinajstić information content (AvgIpc) is 2.83. The van der Waals surface area contributed by atoms with E-state index in [9.17, 15) is 9.59 Å². The van der Waals surface area contributed by atoms with Gasteiger partial charge in [-0.1, -0.05) is 37.3 Å². The second kappa shape index (κ2) is 6.81. The quantitative estimate of drug-likeness (QED) is 0.803. The van der Waals surface area contributed by atoms with Gasteiger partial charge in [-0.2, -0.15) is 0 Å². The normalized spacial score (nSPS) is 24.1. The van der Waals surface area contributed by atoms with Crippen molar-refractivity contribution >= 4 is 12.1 Å². The topological polar surface area (TPSA) is 55.8 Å². The van der Waals surface area contributed by atoms with Gasteiger partial charge in [-0.15, -0.1) is 0 Å². The van der Waals surface area contributed by atoms with Crippen LogP contribution in [0.2, 0.25) is 0 Å². The fourth-order valence-electron chi connectivity index (χ4n) is 2.66. The van der Waals surface area contributed by atoms with Crippen LogP contribution in [-0.4, -0.2) is 36.7 Å². The van der Waals surface area contributed by atoms with Gasteiger partial charge in [0.2, 0.25) is 0 Å². The molecule has 1 amide bonds. The minimum Gasteiger partial charge on any atom is -0.466 e. The maximum atomic E-state index is 12.2. The highest BCUT2D eigenvalue weighted by Gasteiger charge is 2.49. The molecule has 1 heterocycles. The summed E-state index contributed by atoms with van der Waals surface area (Å²) in [6.07, 6.45) is -0.385. The minimum atomic E-state index is -0.665.